The maximum absolute atomic E-state index is 5.83. The van der Waals surface area contributed by atoms with Gasteiger partial charge in [-0.2, -0.15) is 0 Å². The summed E-state index contributed by atoms with van der Waals surface area (Å²) in [6.45, 7) is 10.3. The summed E-state index contributed by atoms with van der Waals surface area (Å²) in [5.41, 5.74) is 7.58. The number of benzene rings is 1. The minimum absolute atomic E-state index is 0.635. The first kappa shape index (κ1) is 13.7. The van der Waals surface area contributed by atoms with Crippen LogP contribution in [0.25, 0.3) is 0 Å². The van der Waals surface area contributed by atoms with E-state index in [1.165, 1.54) is 0 Å². The molecule has 96 valence electrons. The first-order valence-electron chi connectivity index (χ1n) is 6.30. The van der Waals surface area contributed by atoms with E-state index in [0.29, 0.717) is 24.1 Å². The van der Waals surface area contributed by atoms with Gasteiger partial charge in [-0.15, -0.1) is 0 Å². The topological polar surface area (TPSA) is 47.3 Å². The largest absolute Gasteiger partial charge is 0.492 e. The summed E-state index contributed by atoms with van der Waals surface area (Å²) >= 11 is 0. The quantitative estimate of drug-likeness (QED) is 0.744. The highest BCUT2D eigenvalue weighted by atomic mass is 16.5. The van der Waals surface area contributed by atoms with Gasteiger partial charge < -0.3 is 15.8 Å². The van der Waals surface area contributed by atoms with E-state index in [0.717, 1.165) is 18.0 Å². The molecule has 0 aliphatic heterocycles. The summed E-state index contributed by atoms with van der Waals surface area (Å²) in [6, 6.07) is 5.84. The van der Waals surface area contributed by atoms with Gasteiger partial charge in [-0.1, -0.05) is 20.8 Å². The second-order valence-electron chi connectivity index (χ2n) is 4.79. The molecule has 0 radical (unpaired) electrons. The molecule has 3 heteroatoms. The van der Waals surface area contributed by atoms with Crippen LogP contribution in [0.15, 0.2) is 18.2 Å². The average Bonchev–Trinajstić information content (AvgIpc) is 2.29. The molecule has 0 aliphatic carbocycles. The lowest BCUT2D eigenvalue weighted by molar-refractivity contribution is 0.342. The van der Waals surface area contributed by atoms with Gasteiger partial charge in [0.25, 0.3) is 0 Å². The SMILES string of the molecule is CCOc1cc(NCC(C)C(C)C)ccc1N. The molecule has 0 fully saturated rings. The summed E-state index contributed by atoms with van der Waals surface area (Å²) in [6.07, 6.45) is 0. The summed E-state index contributed by atoms with van der Waals surface area (Å²) in [4.78, 5) is 0. The van der Waals surface area contributed by atoms with E-state index in [4.69, 9.17) is 10.5 Å². The molecule has 17 heavy (non-hydrogen) atoms. The van der Waals surface area contributed by atoms with E-state index >= 15 is 0 Å². The molecule has 0 spiro atoms. The molecule has 0 aliphatic rings. The Morgan fingerprint density at radius 2 is 2.00 bits per heavy atom. The Kier molecular flexibility index (Phi) is 5.13. The fraction of sp³-hybridized carbons (Fsp3) is 0.571. The third kappa shape index (κ3) is 4.17. The lowest BCUT2D eigenvalue weighted by atomic mass is 9.98. The molecule has 0 saturated heterocycles. The van der Waals surface area contributed by atoms with Crippen molar-refractivity contribution in [3.8, 4) is 5.75 Å². The molecule has 0 aromatic heterocycles. The lowest BCUT2D eigenvalue weighted by Gasteiger charge is -2.17. The van der Waals surface area contributed by atoms with Crippen molar-refractivity contribution in [3.05, 3.63) is 18.2 Å². The Hall–Kier alpha value is -1.38. The van der Waals surface area contributed by atoms with Crippen LogP contribution in [0.2, 0.25) is 0 Å². The van der Waals surface area contributed by atoms with E-state index in [1.54, 1.807) is 0 Å². The van der Waals surface area contributed by atoms with E-state index in [-0.39, 0.29) is 0 Å². The monoisotopic (exact) mass is 236 g/mol. The molecule has 1 rings (SSSR count). The van der Waals surface area contributed by atoms with Gasteiger partial charge in [-0.25, -0.2) is 0 Å². The normalized spacial score (nSPS) is 12.5. The van der Waals surface area contributed by atoms with Crippen molar-refractivity contribution in [3.63, 3.8) is 0 Å². The second kappa shape index (κ2) is 6.38. The molecule has 0 saturated carbocycles. The van der Waals surface area contributed by atoms with Gasteiger partial charge in [0.1, 0.15) is 5.75 Å². The predicted octanol–water partition coefficient (Wildman–Crippen LogP) is 3.37. The Morgan fingerprint density at radius 1 is 1.29 bits per heavy atom. The maximum atomic E-state index is 5.83. The van der Waals surface area contributed by atoms with Crippen LogP contribution in [0.5, 0.6) is 5.75 Å². The third-order valence-electron chi connectivity index (χ3n) is 3.08. The number of rotatable bonds is 6. The fourth-order valence-electron chi connectivity index (χ4n) is 1.44. The molecular formula is C14H24N2O. The van der Waals surface area contributed by atoms with E-state index < -0.39 is 0 Å². The third-order valence-corrected chi connectivity index (χ3v) is 3.08. The van der Waals surface area contributed by atoms with Crippen LogP contribution < -0.4 is 15.8 Å². The Morgan fingerprint density at radius 3 is 2.59 bits per heavy atom. The molecule has 1 aromatic rings. The van der Waals surface area contributed by atoms with E-state index in [9.17, 15) is 0 Å². The Balaban J connectivity index is 2.62. The van der Waals surface area contributed by atoms with Crippen LogP contribution in [0.4, 0.5) is 11.4 Å². The standard InChI is InChI=1S/C14H24N2O/c1-5-17-14-8-12(6-7-13(14)15)16-9-11(4)10(2)3/h6-8,10-11,16H,5,9,15H2,1-4H3. The fourth-order valence-corrected chi connectivity index (χ4v) is 1.44. The Bertz CT molecular complexity index is 350. The van der Waals surface area contributed by atoms with Gasteiger partial charge in [-0.05, 0) is 30.9 Å². The predicted molar refractivity (Wildman–Crippen MR) is 74.5 cm³/mol. The molecule has 1 aromatic carbocycles. The number of hydrogen-bond donors (Lipinski definition) is 2. The summed E-state index contributed by atoms with van der Waals surface area (Å²) in [7, 11) is 0. The van der Waals surface area contributed by atoms with Crippen LogP contribution in [-0.2, 0) is 0 Å². The van der Waals surface area contributed by atoms with Crippen molar-refractivity contribution >= 4 is 11.4 Å². The molecule has 0 bridgehead atoms. The van der Waals surface area contributed by atoms with Gasteiger partial charge in [0.2, 0.25) is 0 Å². The van der Waals surface area contributed by atoms with Gasteiger partial charge >= 0.3 is 0 Å². The highest BCUT2D eigenvalue weighted by Gasteiger charge is 2.07. The second-order valence-corrected chi connectivity index (χ2v) is 4.79. The summed E-state index contributed by atoms with van der Waals surface area (Å²) in [5, 5.41) is 3.42. The van der Waals surface area contributed by atoms with Gasteiger partial charge in [0.05, 0.1) is 12.3 Å². The van der Waals surface area contributed by atoms with Gasteiger partial charge in [-0.3, -0.25) is 0 Å². The lowest BCUT2D eigenvalue weighted by Crippen LogP contribution is -2.16. The molecule has 1 unspecified atom stereocenters. The first-order chi connectivity index (χ1) is 8.04. The average molecular weight is 236 g/mol. The van der Waals surface area contributed by atoms with Crippen molar-refractivity contribution < 1.29 is 4.74 Å². The van der Waals surface area contributed by atoms with Gasteiger partial charge in [0, 0.05) is 18.3 Å². The number of ether oxygens (including phenoxy) is 1. The van der Waals surface area contributed by atoms with Crippen LogP contribution in [0.1, 0.15) is 27.7 Å². The van der Waals surface area contributed by atoms with Crippen LogP contribution >= 0.6 is 0 Å². The van der Waals surface area contributed by atoms with E-state index in [1.807, 2.05) is 25.1 Å². The van der Waals surface area contributed by atoms with Crippen LogP contribution in [0.3, 0.4) is 0 Å². The number of anilines is 2. The molecule has 0 heterocycles. The minimum Gasteiger partial charge on any atom is -0.492 e. The number of hydrogen-bond acceptors (Lipinski definition) is 3. The zero-order chi connectivity index (χ0) is 12.8. The molecule has 3 N–H and O–H groups in total. The van der Waals surface area contributed by atoms with Crippen molar-refractivity contribution in [1.82, 2.24) is 0 Å². The van der Waals surface area contributed by atoms with Crippen molar-refractivity contribution in [1.29, 1.82) is 0 Å². The van der Waals surface area contributed by atoms with Gasteiger partial charge in [0.15, 0.2) is 0 Å². The molecule has 0 amide bonds. The number of nitrogen functional groups attached to an aromatic ring is 1. The molecular weight excluding hydrogens is 212 g/mol. The van der Waals surface area contributed by atoms with E-state index in [2.05, 4.69) is 26.1 Å². The molecule has 1 atom stereocenters. The smallest absolute Gasteiger partial charge is 0.144 e. The molecule has 3 nitrogen and oxygen atoms in total. The van der Waals surface area contributed by atoms with Crippen molar-refractivity contribution in [2.75, 3.05) is 24.2 Å². The maximum Gasteiger partial charge on any atom is 0.144 e. The van der Waals surface area contributed by atoms with Crippen LogP contribution in [-0.4, -0.2) is 13.2 Å². The highest BCUT2D eigenvalue weighted by molar-refractivity contribution is 5.61. The first-order valence-corrected chi connectivity index (χ1v) is 6.30. The number of nitrogens with one attached hydrogen (secondary N) is 1. The Labute approximate surface area is 104 Å². The minimum atomic E-state index is 0.635. The van der Waals surface area contributed by atoms with Crippen molar-refractivity contribution in [2.45, 2.75) is 27.7 Å². The zero-order valence-electron chi connectivity index (χ0n) is 11.3. The van der Waals surface area contributed by atoms with Crippen LogP contribution in [0, 0.1) is 11.8 Å². The zero-order valence-corrected chi connectivity index (χ0v) is 11.3. The number of nitrogens with two attached hydrogens (primary N) is 1. The summed E-state index contributed by atoms with van der Waals surface area (Å²) < 4.78 is 5.47. The van der Waals surface area contributed by atoms with Crippen molar-refractivity contribution in [2.24, 2.45) is 11.8 Å². The summed E-state index contributed by atoms with van der Waals surface area (Å²) in [5.74, 6) is 2.08. The highest BCUT2D eigenvalue weighted by Crippen LogP contribution is 2.25.